The summed E-state index contributed by atoms with van der Waals surface area (Å²) in [6.07, 6.45) is 7.45. The van der Waals surface area contributed by atoms with Gasteiger partial charge in [-0.25, -0.2) is 4.68 Å². The van der Waals surface area contributed by atoms with Gasteiger partial charge in [0.2, 0.25) is 11.9 Å². The number of amides is 1. The van der Waals surface area contributed by atoms with Crippen LogP contribution in [0.3, 0.4) is 0 Å². The topological polar surface area (TPSA) is 102 Å². The molecule has 3 N–H and O–H groups in total. The first-order chi connectivity index (χ1) is 11.2. The molecular formula is C15H19N7O. The maximum atomic E-state index is 12.4. The van der Waals surface area contributed by atoms with E-state index < -0.39 is 0 Å². The Bertz CT molecular complexity index is 711. The van der Waals surface area contributed by atoms with E-state index in [0.717, 1.165) is 32.2 Å². The van der Waals surface area contributed by atoms with Crippen molar-refractivity contribution in [2.45, 2.75) is 37.8 Å². The molecule has 2 aromatic rings. The summed E-state index contributed by atoms with van der Waals surface area (Å²) < 4.78 is 1.64. The summed E-state index contributed by atoms with van der Waals surface area (Å²) in [5, 5.41) is 7.25. The van der Waals surface area contributed by atoms with Crippen LogP contribution in [-0.4, -0.2) is 44.3 Å². The van der Waals surface area contributed by atoms with E-state index in [9.17, 15) is 4.79 Å². The van der Waals surface area contributed by atoms with Crippen LogP contribution in [0, 0.1) is 0 Å². The Kier molecular flexibility index (Phi) is 3.36. The first kappa shape index (κ1) is 14.0. The number of carbonyl (C=O) groups is 1. The van der Waals surface area contributed by atoms with Crippen molar-refractivity contribution in [1.29, 1.82) is 0 Å². The van der Waals surface area contributed by atoms with Gasteiger partial charge in [0, 0.05) is 31.0 Å². The van der Waals surface area contributed by atoms with Crippen LogP contribution in [-0.2, 0) is 4.79 Å². The number of nitrogens with two attached hydrogens (primary N) is 1. The van der Waals surface area contributed by atoms with E-state index in [1.165, 1.54) is 0 Å². The Morgan fingerprint density at radius 3 is 2.83 bits per heavy atom. The van der Waals surface area contributed by atoms with E-state index in [1.807, 2.05) is 17.0 Å². The Labute approximate surface area is 133 Å². The largest absolute Gasteiger partial charge is 0.368 e. The normalized spacial score (nSPS) is 20.7. The third-order valence-corrected chi connectivity index (χ3v) is 4.23. The van der Waals surface area contributed by atoms with Crippen LogP contribution in [0.4, 0.5) is 11.8 Å². The molecule has 0 aromatic carbocycles. The molecule has 2 aromatic heterocycles. The molecule has 1 saturated heterocycles. The van der Waals surface area contributed by atoms with Gasteiger partial charge in [0.15, 0.2) is 5.82 Å². The van der Waals surface area contributed by atoms with E-state index in [0.29, 0.717) is 17.7 Å². The highest BCUT2D eigenvalue weighted by Crippen LogP contribution is 2.27. The summed E-state index contributed by atoms with van der Waals surface area (Å²) in [4.78, 5) is 23.0. The van der Waals surface area contributed by atoms with Gasteiger partial charge in [-0.1, -0.05) is 0 Å². The van der Waals surface area contributed by atoms with E-state index in [-0.39, 0.29) is 17.9 Å². The van der Waals surface area contributed by atoms with Crippen molar-refractivity contribution in [3.63, 3.8) is 0 Å². The molecule has 120 valence electrons. The van der Waals surface area contributed by atoms with Crippen LogP contribution < -0.4 is 16.0 Å². The van der Waals surface area contributed by atoms with Gasteiger partial charge in [-0.2, -0.15) is 15.1 Å². The highest BCUT2D eigenvalue weighted by molar-refractivity contribution is 5.86. The number of nitrogens with one attached hydrogen (secondary N) is 1. The van der Waals surface area contributed by atoms with Gasteiger partial charge in [0.25, 0.3) is 0 Å². The number of hydrogen-bond acceptors (Lipinski definition) is 6. The van der Waals surface area contributed by atoms with E-state index >= 15 is 0 Å². The molecule has 2 fully saturated rings. The average molecular weight is 313 g/mol. The summed E-state index contributed by atoms with van der Waals surface area (Å²) in [5.41, 5.74) is 5.85. The predicted octanol–water partition coefficient (Wildman–Crippen LogP) is 0.492. The minimum atomic E-state index is -0.185. The van der Waals surface area contributed by atoms with Crippen molar-refractivity contribution in [2.75, 3.05) is 17.2 Å². The fraction of sp³-hybridized carbons (Fsp3) is 0.467. The third-order valence-electron chi connectivity index (χ3n) is 4.23. The number of aromatic nitrogens is 4. The maximum absolute atomic E-state index is 12.4. The van der Waals surface area contributed by atoms with E-state index in [4.69, 9.17) is 5.73 Å². The van der Waals surface area contributed by atoms with E-state index in [1.54, 1.807) is 17.1 Å². The number of nitrogen functional groups attached to an aromatic ring is 1. The van der Waals surface area contributed by atoms with Gasteiger partial charge >= 0.3 is 0 Å². The van der Waals surface area contributed by atoms with Crippen molar-refractivity contribution >= 4 is 17.7 Å². The molecule has 1 aliphatic carbocycles. The van der Waals surface area contributed by atoms with Crippen molar-refractivity contribution < 1.29 is 4.79 Å². The fourth-order valence-corrected chi connectivity index (χ4v) is 2.95. The van der Waals surface area contributed by atoms with Gasteiger partial charge in [0.1, 0.15) is 11.9 Å². The first-order valence-electron chi connectivity index (χ1n) is 7.92. The standard InChI is InChI=1S/C15H19N7O/c16-15-19-12(9-13(20-15)22-8-2-6-17-22)21-7-1-3-11(21)14(23)18-10-4-5-10/h2,6,8-11H,1,3-5,7H2,(H,18,23)(H2,16,19,20). The molecular weight excluding hydrogens is 294 g/mol. The zero-order valence-electron chi connectivity index (χ0n) is 12.7. The lowest BCUT2D eigenvalue weighted by atomic mass is 10.2. The van der Waals surface area contributed by atoms with Crippen molar-refractivity contribution in [3.8, 4) is 5.82 Å². The summed E-state index contributed by atoms with van der Waals surface area (Å²) in [7, 11) is 0. The quantitative estimate of drug-likeness (QED) is 0.852. The van der Waals surface area contributed by atoms with Crippen LogP contribution >= 0.6 is 0 Å². The van der Waals surface area contributed by atoms with Crippen molar-refractivity contribution in [1.82, 2.24) is 25.1 Å². The Hall–Kier alpha value is -2.64. The molecule has 8 heteroatoms. The highest BCUT2D eigenvalue weighted by atomic mass is 16.2. The van der Waals surface area contributed by atoms with Crippen LogP contribution in [0.5, 0.6) is 0 Å². The monoisotopic (exact) mass is 313 g/mol. The van der Waals surface area contributed by atoms with Gasteiger partial charge in [-0.3, -0.25) is 4.79 Å². The second kappa shape index (κ2) is 5.53. The molecule has 4 rings (SSSR count). The molecule has 1 atom stereocenters. The third kappa shape index (κ3) is 2.84. The van der Waals surface area contributed by atoms with Gasteiger partial charge in [0.05, 0.1) is 0 Å². The molecule has 3 heterocycles. The van der Waals surface area contributed by atoms with Gasteiger partial charge in [-0.15, -0.1) is 0 Å². The second-order valence-corrected chi connectivity index (χ2v) is 6.03. The molecule has 1 unspecified atom stereocenters. The Balaban J connectivity index is 1.62. The first-order valence-corrected chi connectivity index (χ1v) is 7.92. The number of nitrogens with zero attached hydrogens (tertiary/aromatic N) is 5. The van der Waals surface area contributed by atoms with Gasteiger partial charge < -0.3 is 16.0 Å². The second-order valence-electron chi connectivity index (χ2n) is 6.03. The summed E-state index contributed by atoms with van der Waals surface area (Å²) in [5.74, 6) is 1.55. The van der Waals surface area contributed by atoms with E-state index in [2.05, 4.69) is 20.4 Å². The van der Waals surface area contributed by atoms with Crippen LogP contribution in [0.1, 0.15) is 25.7 Å². The molecule has 8 nitrogen and oxygen atoms in total. The smallest absolute Gasteiger partial charge is 0.242 e. The van der Waals surface area contributed by atoms with Crippen LogP contribution in [0.25, 0.3) is 5.82 Å². The summed E-state index contributed by atoms with van der Waals surface area (Å²) >= 11 is 0. The zero-order valence-corrected chi connectivity index (χ0v) is 12.7. The number of carbonyl (C=O) groups excluding carboxylic acids is 1. The molecule has 1 amide bonds. The lowest BCUT2D eigenvalue weighted by Crippen LogP contribution is -2.44. The fourth-order valence-electron chi connectivity index (χ4n) is 2.95. The van der Waals surface area contributed by atoms with Crippen molar-refractivity contribution in [2.24, 2.45) is 0 Å². The molecule has 2 aliphatic rings. The molecule has 1 aliphatic heterocycles. The minimum absolute atomic E-state index is 0.0859. The molecule has 1 saturated carbocycles. The predicted molar refractivity (Wildman–Crippen MR) is 85.1 cm³/mol. The molecule has 0 spiro atoms. The Morgan fingerprint density at radius 1 is 1.26 bits per heavy atom. The molecule has 0 bridgehead atoms. The van der Waals surface area contributed by atoms with Crippen LogP contribution in [0.2, 0.25) is 0 Å². The SMILES string of the molecule is Nc1nc(N2CCCC2C(=O)NC2CC2)cc(-n2cccn2)n1. The maximum Gasteiger partial charge on any atom is 0.242 e. The highest BCUT2D eigenvalue weighted by Gasteiger charge is 2.35. The number of rotatable bonds is 4. The molecule has 0 radical (unpaired) electrons. The lowest BCUT2D eigenvalue weighted by molar-refractivity contribution is -0.122. The molecule has 23 heavy (non-hydrogen) atoms. The lowest BCUT2D eigenvalue weighted by Gasteiger charge is -2.25. The number of hydrogen-bond donors (Lipinski definition) is 2. The zero-order chi connectivity index (χ0) is 15.8. The Morgan fingerprint density at radius 2 is 2.09 bits per heavy atom. The van der Waals surface area contributed by atoms with Crippen LogP contribution in [0.15, 0.2) is 24.5 Å². The number of anilines is 2. The van der Waals surface area contributed by atoms with Gasteiger partial charge in [-0.05, 0) is 31.7 Å². The average Bonchev–Trinajstić information content (AvgIpc) is 3.06. The summed E-state index contributed by atoms with van der Waals surface area (Å²) in [6.45, 7) is 0.789. The minimum Gasteiger partial charge on any atom is -0.368 e. The van der Waals surface area contributed by atoms with Crippen molar-refractivity contribution in [3.05, 3.63) is 24.5 Å². The summed E-state index contributed by atoms with van der Waals surface area (Å²) in [6, 6.07) is 3.82.